The van der Waals surface area contributed by atoms with Crippen LogP contribution in [-0.4, -0.2) is 38.1 Å². The molecule has 36 heavy (non-hydrogen) atoms. The average molecular weight is 498 g/mol. The number of anilines is 3. The first-order valence-corrected chi connectivity index (χ1v) is 12.7. The van der Waals surface area contributed by atoms with Crippen LogP contribution in [0.4, 0.5) is 16.4 Å². The summed E-state index contributed by atoms with van der Waals surface area (Å²) in [5, 5.41) is 7.08. The van der Waals surface area contributed by atoms with Crippen LogP contribution in [0.1, 0.15) is 25.6 Å². The van der Waals surface area contributed by atoms with Gasteiger partial charge in [-0.1, -0.05) is 54.6 Å². The largest absolute Gasteiger partial charge is 0.378 e. The van der Waals surface area contributed by atoms with Gasteiger partial charge in [0.2, 0.25) is 0 Å². The van der Waals surface area contributed by atoms with E-state index in [9.17, 15) is 9.59 Å². The van der Waals surface area contributed by atoms with E-state index in [0.29, 0.717) is 35.0 Å². The summed E-state index contributed by atoms with van der Waals surface area (Å²) in [5.41, 5.74) is 4.82. The molecule has 2 amide bonds. The maximum Gasteiger partial charge on any atom is 0.265 e. The van der Waals surface area contributed by atoms with Crippen LogP contribution in [0.2, 0.25) is 0 Å². The molecule has 0 spiro atoms. The van der Waals surface area contributed by atoms with Gasteiger partial charge in [0.15, 0.2) is 0 Å². The molecular formula is C29H27N3O3S. The van der Waals surface area contributed by atoms with E-state index < -0.39 is 0 Å². The number of rotatable bonds is 6. The summed E-state index contributed by atoms with van der Waals surface area (Å²) in [7, 11) is 0. The molecular weight excluding hydrogens is 470 g/mol. The van der Waals surface area contributed by atoms with Gasteiger partial charge < -0.3 is 20.3 Å². The Morgan fingerprint density at radius 3 is 2.08 bits per heavy atom. The second kappa shape index (κ2) is 10.8. The number of carbonyl (C=O) groups excluding carboxylic acids is 2. The summed E-state index contributed by atoms with van der Waals surface area (Å²) in [6, 6.07) is 26.7. The minimum atomic E-state index is -0.192. The maximum absolute atomic E-state index is 13.4. The van der Waals surface area contributed by atoms with Crippen molar-refractivity contribution in [2.24, 2.45) is 0 Å². The van der Waals surface area contributed by atoms with Crippen molar-refractivity contribution in [1.82, 2.24) is 0 Å². The highest BCUT2D eigenvalue weighted by Gasteiger charge is 2.22. The average Bonchev–Trinajstić information content (AvgIpc) is 3.38. The van der Waals surface area contributed by atoms with Crippen LogP contribution >= 0.6 is 11.3 Å². The lowest BCUT2D eigenvalue weighted by molar-refractivity contribution is 0.102. The molecule has 0 atom stereocenters. The summed E-state index contributed by atoms with van der Waals surface area (Å²) in [6.45, 7) is 4.83. The zero-order chi connectivity index (χ0) is 24.9. The predicted molar refractivity (Wildman–Crippen MR) is 146 cm³/mol. The van der Waals surface area contributed by atoms with Crippen molar-refractivity contribution >= 4 is 39.5 Å². The van der Waals surface area contributed by atoms with E-state index in [0.717, 1.165) is 34.8 Å². The van der Waals surface area contributed by atoms with Gasteiger partial charge in [-0.15, -0.1) is 11.3 Å². The number of nitrogens with zero attached hydrogens (tertiary/aromatic N) is 1. The van der Waals surface area contributed by atoms with E-state index >= 15 is 0 Å². The number of carbonyl (C=O) groups is 2. The molecule has 0 unspecified atom stereocenters. The number of amides is 2. The number of morpholine rings is 1. The second-order valence-electron chi connectivity index (χ2n) is 8.55. The van der Waals surface area contributed by atoms with Crippen molar-refractivity contribution in [2.75, 3.05) is 41.8 Å². The van der Waals surface area contributed by atoms with E-state index in [1.807, 2.05) is 67.6 Å². The second-order valence-corrected chi connectivity index (χ2v) is 9.58. The number of thiophene rings is 1. The van der Waals surface area contributed by atoms with Crippen LogP contribution in [0.15, 0.2) is 84.9 Å². The molecule has 1 aliphatic rings. The van der Waals surface area contributed by atoms with Gasteiger partial charge in [-0.25, -0.2) is 0 Å². The topological polar surface area (TPSA) is 70.7 Å². The smallest absolute Gasteiger partial charge is 0.265 e. The van der Waals surface area contributed by atoms with Crippen LogP contribution in [0.25, 0.3) is 11.1 Å². The van der Waals surface area contributed by atoms with Gasteiger partial charge in [-0.2, -0.15) is 0 Å². The third-order valence-corrected chi connectivity index (χ3v) is 7.38. The molecule has 1 saturated heterocycles. The summed E-state index contributed by atoms with van der Waals surface area (Å²) in [6.07, 6.45) is 0. The Balaban J connectivity index is 1.39. The molecule has 0 aliphatic carbocycles. The fraction of sp³-hybridized carbons (Fsp3) is 0.172. The number of hydrogen-bond acceptors (Lipinski definition) is 5. The lowest BCUT2D eigenvalue weighted by Crippen LogP contribution is -2.35. The summed E-state index contributed by atoms with van der Waals surface area (Å²) >= 11 is 1.49. The molecule has 0 radical (unpaired) electrons. The minimum absolute atomic E-state index is 0.175. The number of nitrogens with one attached hydrogen (secondary N) is 2. The number of ether oxygens (including phenoxy) is 1. The van der Waals surface area contributed by atoms with E-state index in [-0.39, 0.29) is 11.8 Å². The fourth-order valence-corrected chi connectivity index (χ4v) is 5.32. The summed E-state index contributed by atoms with van der Waals surface area (Å²) in [5.74, 6) is -0.366. The Morgan fingerprint density at radius 1 is 0.806 bits per heavy atom. The van der Waals surface area contributed by atoms with Crippen molar-refractivity contribution in [3.05, 3.63) is 101 Å². The predicted octanol–water partition coefficient (Wildman–Crippen LogP) is 6.06. The Labute approximate surface area is 214 Å². The van der Waals surface area contributed by atoms with E-state index in [1.165, 1.54) is 11.3 Å². The van der Waals surface area contributed by atoms with E-state index in [2.05, 4.69) is 27.7 Å². The molecule has 2 N–H and O–H groups in total. The minimum Gasteiger partial charge on any atom is -0.378 e. The molecule has 2 heterocycles. The van der Waals surface area contributed by atoms with Crippen molar-refractivity contribution in [3.8, 4) is 11.1 Å². The van der Waals surface area contributed by atoms with Gasteiger partial charge in [0.05, 0.1) is 23.1 Å². The van der Waals surface area contributed by atoms with Crippen LogP contribution in [0.5, 0.6) is 0 Å². The van der Waals surface area contributed by atoms with Gasteiger partial charge >= 0.3 is 0 Å². The highest BCUT2D eigenvalue weighted by Crippen LogP contribution is 2.40. The third-order valence-electron chi connectivity index (χ3n) is 6.19. The maximum atomic E-state index is 13.4. The van der Waals surface area contributed by atoms with Gasteiger partial charge in [0.1, 0.15) is 0 Å². The zero-order valence-corrected chi connectivity index (χ0v) is 20.8. The van der Waals surface area contributed by atoms with Crippen LogP contribution in [0.3, 0.4) is 0 Å². The quantitative estimate of drug-likeness (QED) is 0.339. The molecule has 1 aliphatic heterocycles. The summed E-state index contributed by atoms with van der Waals surface area (Å²) in [4.78, 5) is 28.9. The SMILES string of the molecule is Cc1c(NC(=O)c2ccccc2)cccc1NC(=O)c1cc(-c2ccccc2)c(N2CCOCC2)s1. The number of benzene rings is 3. The van der Waals surface area contributed by atoms with Gasteiger partial charge in [-0.3, -0.25) is 9.59 Å². The molecule has 0 saturated carbocycles. The van der Waals surface area contributed by atoms with E-state index in [1.54, 1.807) is 12.1 Å². The van der Waals surface area contributed by atoms with Crippen molar-refractivity contribution in [3.63, 3.8) is 0 Å². The summed E-state index contributed by atoms with van der Waals surface area (Å²) < 4.78 is 5.53. The molecule has 1 aromatic heterocycles. The first-order valence-electron chi connectivity index (χ1n) is 11.9. The Hall–Kier alpha value is -3.94. The lowest BCUT2D eigenvalue weighted by Gasteiger charge is -2.28. The monoisotopic (exact) mass is 497 g/mol. The normalized spacial score (nSPS) is 13.3. The standard InChI is InChI=1S/C29H27N3O3S/c1-20-24(30-27(33)22-11-6-3-7-12-22)13-8-14-25(20)31-28(34)26-19-23(21-9-4-2-5-10-21)29(36-26)32-15-17-35-18-16-32/h2-14,19H,15-18H2,1H3,(H,30,33)(H,31,34). The first kappa shape index (κ1) is 23.8. The molecule has 0 bridgehead atoms. The van der Waals surface area contributed by atoms with Gasteiger partial charge in [-0.05, 0) is 48.4 Å². The third kappa shape index (κ3) is 5.17. The Bertz CT molecular complexity index is 1360. The molecule has 3 aromatic carbocycles. The fourth-order valence-electron chi connectivity index (χ4n) is 4.19. The zero-order valence-electron chi connectivity index (χ0n) is 20.0. The van der Waals surface area contributed by atoms with Crippen LogP contribution in [0, 0.1) is 6.92 Å². The molecule has 6 nitrogen and oxygen atoms in total. The molecule has 1 fully saturated rings. The lowest BCUT2D eigenvalue weighted by atomic mass is 10.1. The Morgan fingerprint density at radius 2 is 1.42 bits per heavy atom. The highest BCUT2D eigenvalue weighted by molar-refractivity contribution is 7.18. The Kier molecular flexibility index (Phi) is 7.11. The van der Waals surface area contributed by atoms with E-state index in [4.69, 9.17) is 4.74 Å². The molecule has 4 aromatic rings. The highest BCUT2D eigenvalue weighted by atomic mass is 32.1. The molecule has 7 heteroatoms. The first-order chi connectivity index (χ1) is 17.6. The van der Waals surface area contributed by atoms with Gasteiger partial charge in [0, 0.05) is 35.6 Å². The van der Waals surface area contributed by atoms with Crippen molar-refractivity contribution in [2.45, 2.75) is 6.92 Å². The van der Waals surface area contributed by atoms with Crippen LogP contribution < -0.4 is 15.5 Å². The molecule has 5 rings (SSSR count). The molecule has 182 valence electrons. The van der Waals surface area contributed by atoms with Gasteiger partial charge in [0.25, 0.3) is 11.8 Å². The van der Waals surface area contributed by atoms with Crippen molar-refractivity contribution in [1.29, 1.82) is 0 Å². The number of hydrogen-bond donors (Lipinski definition) is 2. The van der Waals surface area contributed by atoms with Crippen LogP contribution in [-0.2, 0) is 4.74 Å². The van der Waals surface area contributed by atoms with Crippen molar-refractivity contribution < 1.29 is 14.3 Å².